The molecule has 5 heteroatoms. The second-order valence-electron chi connectivity index (χ2n) is 7.36. The average molecular weight is 402 g/mol. The first-order valence-electron chi connectivity index (χ1n) is 9.97. The zero-order chi connectivity index (χ0) is 21.3. The van der Waals surface area contributed by atoms with Crippen molar-refractivity contribution in [2.45, 2.75) is 12.5 Å². The second kappa shape index (κ2) is 10.4. The van der Waals surface area contributed by atoms with Crippen molar-refractivity contribution in [3.05, 3.63) is 102 Å². The van der Waals surface area contributed by atoms with Crippen LogP contribution in [0.3, 0.4) is 0 Å². The van der Waals surface area contributed by atoms with Gasteiger partial charge in [0.2, 0.25) is 5.91 Å². The molecular weight excluding hydrogens is 374 g/mol. The van der Waals surface area contributed by atoms with E-state index in [2.05, 4.69) is 27.7 Å². The largest absolute Gasteiger partial charge is 0.350 e. The van der Waals surface area contributed by atoms with Crippen LogP contribution in [0, 0.1) is 0 Å². The number of hydrogen-bond donors (Lipinski definition) is 2. The minimum Gasteiger partial charge on any atom is -0.350 e. The van der Waals surface area contributed by atoms with Crippen LogP contribution in [-0.4, -0.2) is 37.4 Å². The Morgan fingerprint density at radius 2 is 1.43 bits per heavy atom. The number of nitrogens with one attached hydrogen (secondary N) is 2. The first-order chi connectivity index (χ1) is 14.5. The van der Waals surface area contributed by atoms with Gasteiger partial charge in [-0.2, -0.15) is 0 Å². The molecule has 0 aliphatic carbocycles. The molecule has 0 radical (unpaired) electrons. The number of anilines is 1. The summed E-state index contributed by atoms with van der Waals surface area (Å²) in [4.78, 5) is 27.4. The van der Waals surface area contributed by atoms with E-state index in [1.54, 1.807) is 18.2 Å². The van der Waals surface area contributed by atoms with Gasteiger partial charge in [0, 0.05) is 6.54 Å². The molecule has 154 valence electrons. The lowest BCUT2D eigenvalue weighted by molar-refractivity contribution is -0.115. The van der Waals surface area contributed by atoms with Gasteiger partial charge in [-0.05, 0) is 37.4 Å². The van der Waals surface area contributed by atoms with E-state index in [1.165, 1.54) is 0 Å². The molecule has 0 fully saturated rings. The summed E-state index contributed by atoms with van der Waals surface area (Å²) < 4.78 is 0. The lowest BCUT2D eigenvalue weighted by Gasteiger charge is -2.25. The smallest absolute Gasteiger partial charge is 0.253 e. The molecule has 0 bridgehead atoms. The molecule has 3 rings (SSSR count). The lowest BCUT2D eigenvalue weighted by Crippen LogP contribution is -2.35. The van der Waals surface area contributed by atoms with E-state index < -0.39 is 0 Å². The van der Waals surface area contributed by atoms with Crippen molar-refractivity contribution in [1.29, 1.82) is 0 Å². The highest BCUT2D eigenvalue weighted by Gasteiger charge is 2.18. The van der Waals surface area contributed by atoms with Crippen LogP contribution < -0.4 is 10.6 Å². The predicted octanol–water partition coefficient (Wildman–Crippen LogP) is 3.90. The van der Waals surface area contributed by atoms with Crippen molar-refractivity contribution in [2.75, 3.05) is 26.0 Å². The van der Waals surface area contributed by atoms with Crippen LogP contribution in [0.5, 0.6) is 0 Å². The maximum Gasteiger partial charge on any atom is 0.253 e. The summed E-state index contributed by atoms with van der Waals surface area (Å²) in [5.41, 5.74) is 3.02. The van der Waals surface area contributed by atoms with Gasteiger partial charge in [0.15, 0.2) is 0 Å². The molecule has 1 atom stereocenters. The first-order valence-corrected chi connectivity index (χ1v) is 9.97. The Labute approximate surface area is 177 Å². The normalized spacial score (nSPS) is 11.7. The summed E-state index contributed by atoms with van der Waals surface area (Å²) >= 11 is 0. The Morgan fingerprint density at radius 3 is 2.10 bits per heavy atom. The van der Waals surface area contributed by atoms with Crippen molar-refractivity contribution in [3.63, 3.8) is 0 Å². The standard InChI is InChI=1S/C25H27N3O2/c1-28(2)23(20-13-7-4-8-14-20)18-26-25(30)21-15-9-10-16-22(21)27-24(29)17-19-11-5-3-6-12-19/h3-16,23H,17-18H2,1-2H3,(H,26,30)(H,27,29). The summed E-state index contributed by atoms with van der Waals surface area (Å²) in [6.07, 6.45) is 0.257. The molecule has 3 aromatic rings. The van der Waals surface area contributed by atoms with Crippen LogP contribution in [0.4, 0.5) is 5.69 Å². The minimum absolute atomic E-state index is 0.0509. The van der Waals surface area contributed by atoms with E-state index in [0.717, 1.165) is 11.1 Å². The maximum absolute atomic E-state index is 12.9. The van der Waals surface area contributed by atoms with E-state index in [-0.39, 0.29) is 24.3 Å². The van der Waals surface area contributed by atoms with Crippen LogP contribution in [0.25, 0.3) is 0 Å². The van der Waals surface area contributed by atoms with Crippen molar-refractivity contribution < 1.29 is 9.59 Å². The molecule has 0 aliphatic heterocycles. The molecule has 30 heavy (non-hydrogen) atoms. The molecule has 0 saturated carbocycles. The molecule has 5 nitrogen and oxygen atoms in total. The average Bonchev–Trinajstić information content (AvgIpc) is 2.75. The highest BCUT2D eigenvalue weighted by molar-refractivity contribution is 6.04. The SMILES string of the molecule is CN(C)C(CNC(=O)c1ccccc1NC(=O)Cc1ccccc1)c1ccccc1. The fourth-order valence-electron chi connectivity index (χ4n) is 3.32. The van der Waals surface area contributed by atoms with Crippen molar-refractivity contribution >= 4 is 17.5 Å². The molecule has 2 N–H and O–H groups in total. The summed E-state index contributed by atoms with van der Waals surface area (Å²) in [5, 5.41) is 5.88. The Kier molecular flexibility index (Phi) is 7.35. The summed E-state index contributed by atoms with van der Waals surface area (Å²) in [7, 11) is 3.98. The van der Waals surface area contributed by atoms with Gasteiger partial charge in [0.25, 0.3) is 5.91 Å². The number of carbonyl (C=O) groups is 2. The Hall–Kier alpha value is -3.44. The molecule has 2 amide bonds. The van der Waals surface area contributed by atoms with Crippen LogP contribution in [0.1, 0.15) is 27.5 Å². The number of carbonyl (C=O) groups excluding carboxylic acids is 2. The minimum atomic E-state index is -0.214. The predicted molar refractivity (Wildman–Crippen MR) is 120 cm³/mol. The third kappa shape index (κ3) is 5.78. The zero-order valence-electron chi connectivity index (χ0n) is 17.3. The second-order valence-corrected chi connectivity index (χ2v) is 7.36. The third-order valence-corrected chi connectivity index (χ3v) is 4.92. The molecule has 0 aromatic heterocycles. The quantitative estimate of drug-likeness (QED) is 0.602. The van der Waals surface area contributed by atoms with E-state index in [1.807, 2.05) is 68.7 Å². The maximum atomic E-state index is 12.9. The number of rotatable bonds is 8. The van der Waals surface area contributed by atoms with Crippen LogP contribution in [0.2, 0.25) is 0 Å². The van der Waals surface area contributed by atoms with Crippen molar-refractivity contribution in [2.24, 2.45) is 0 Å². The molecule has 3 aromatic carbocycles. The highest BCUT2D eigenvalue weighted by Crippen LogP contribution is 2.19. The summed E-state index contributed by atoms with van der Waals surface area (Å²) in [6, 6.07) is 26.7. The number of hydrogen-bond acceptors (Lipinski definition) is 3. The van der Waals surface area contributed by atoms with Crippen LogP contribution in [0.15, 0.2) is 84.9 Å². The van der Waals surface area contributed by atoms with Crippen LogP contribution >= 0.6 is 0 Å². The van der Waals surface area contributed by atoms with Gasteiger partial charge in [-0.1, -0.05) is 72.8 Å². The fraction of sp³-hybridized carbons (Fsp3) is 0.200. The van der Waals surface area contributed by atoms with E-state index >= 15 is 0 Å². The summed E-state index contributed by atoms with van der Waals surface area (Å²) in [5.74, 6) is -0.370. The summed E-state index contributed by atoms with van der Waals surface area (Å²) in [6.45, 7) is 0.460. The number of benzene rings is 3. The van der Waals surface area contributed by atoms with Gasteiger partial charge in [0.1, 0.15) is 0 Å². The Bertz CT molecular complexity index is 972. The number of likely N-dealkylation sites (N-methyl/N-ethyl adjacent to an activating group) is 1. The van der Waals surface area contributed by atoms with E-state index in [4.69, 9.17) is 0 Å². The fourth-order valence-corrected chi connectivity index (χ4v) is 3.32. The topological polar surface area (TPSA) is 61.4 Å². The van der Waals surface area contributed by atoms with E-state index in [9.17, 15) is 9.59 Å². The zero-order valence-corrected chi connectivity index (χ0v) is 17.3. The van der Waals surface area contributed by atoms with Crippen LogP contribution in [-0.2, 0) is 11.2 Å². The molecule has 0 spiro atoms. The Morgan fingerprint density at radius 1 is 0.833 bits per heavy atom. The van der Waals surface area contributed by atoms with Gasteiger partial charge in [-0.15, -0.1) is 0 Å². The molecule has 0 aliphatic rings. The van der Waals surface area contributed by atoms with Gasteiger partial charge < -0.3 is 15.5 Å². The van der Waals surface area contributed by atoms with Gasteiger partial charge in [-0.25, -0.2) is 0 Å². The van der Waals surface area contributed by atoms with Crippen molar-refractivity contribution in [1.82, 2.24) is 10.2 Å². The molecule has 0 heterocycles. The molecule has 0 saturated heterocycles. The third-order valence-electron chi connectivity index (χ3n) is 4.92. The first kappa shape index (κ1) is 21.3. The number of para-hydroxylation sites is 1. The van der Waals surface area contributed by atoms with Gasteiger partial charge >= 0.3 is 0 Å². The highest BCUT2D eigenvalue weighted by atomic mass is 16.2. The van der Waals surface area contributed by atoms with Crippen molar-refractivity contribution in [3.8, 4) is 0 Å². The monoisotopic (exact) mass is 401 g/mol. The van der Waals surface area contributed by atoms with E-state index in [0.29, 0.717) is 17.8 Å². The molecular formula is C25H27N3O2. The van der Waals surface area contributed by atoms with Gasteiger partial charge in [-0.3, -0.25) is 9.59 Å². The lowest BCUT2D eigenvalue weighted by atomic mass is 10.1. The Balaban J connectivity index is 1.67. The number of amides is 2. The molecule has 1 unspecified atom stereocenters. The van der Waals surface area contributed by atoms with Gasteiger partial charge in [0.05, 0.1) is 23.7 Å². The number of nitrogens with zero attached hydrogens (tertiary/aromatic N) is 1.